The van der Waals surface area contributed by atoms with Crippen molar-refractivity contribution in [2.45, 2.75) is 20.0 Å². The molecule has 0 aliphatic carbocycles. The highest BCUT2D eigenvalue weighted by Crippen LogP contribution is 2.29. The molecule has 1 aromatic carbocycles. The summed E-state index contributed by atoms with van der Waals surface area (Å²) in [5.74, 6) is 0.827. The van der Waals surface area contributed by atoms with Gasteiger partial charge in [0.2, 0.25) is 0 Å². The molecule has 1 unspecified atom stereocenters. The fourth-order valence-corrected chi connectivity index (χ4v) is 1.96. The molecule has 0 fully saturated rings. The minimum absolute atomic E-state index is 0.685. The predicted octanol–water partition coefficient (Wildman–Crippen LogP) is 2.18. The normalized spacial score (nSPS) is 12.2. The average Bonchev–Trinajstić information content (AvgIpc) is 2.41. The van der Waals surface area contributed by atoms with Gasteiger partial charge < -0.3 is 9.84 Å². The Balaban J connectivity index is 2.43. The van der Waals surface area contributed by atoms with E-state index in [-0.39, 0.29) is 0 Å². The topological polar surface area (TPSA) is 55.2 Å². The van der Waals surface area contributed by atoms with Crippen LogP contribution in [0.3, 0.4) is 0 Å². The van der Waals surface area contributed by atoms with Crippen LogP contribution in [0.5, 0.6) is 5.75 Å². The van der Waals surface area contributed by atoms with E-state index in [1.807, 2.05) is 26.0 Å². The van der Waals surface area contributed by atoms with E-state index in [9.17, 15) is 5.11 Å². The SMILES string of the molecule is COc1cc(C)c(C(O)c2cncnc2)cc1C. The highest BCUT2D eigenvalue weighted by molar-refractivity contribution is 5.44. The zero-order chi connectivity index (χ0) is 13.1. The molecular formula is C14H16N2O2. The number of nitrogens with zero attached hydrogens (tertiary/aromatic N) is 2. The molecule has 2 rings (SSSR count). The second-order valence-corrected chi connectivity index (χ2v) is 4.25. The first-order chi connectivity index (χ1) is 8.63. The molecule has 0 aliphatic rings. The van der Waals surface area contributed by atoms with Gasteiger partial charge in [0.15, 0.2) is 0 Å². The molecule has 0 amide bonds. The van der Waals surface area contributed by atoms with Crippen LogP contribution in [0.25, 0.3) is 0 Å². The quantitative estimate of drug-likeness (QED) is 0.899. The molecule has 1 aromatic heterocycles. The molecule has 2 aromatic rings. The van der Waals surface area contributed by atoms with Crippen LogP contribution in [0.4, 0.5) is 0 Å². The van der Waals surface area contributed by atoms with E-state index < -0.39 is 6.10 Å². The Hall–Kier alpha value is -1.94. The van der Waals surface area contributed by atoms with Gasteiger partial charge in [-0.15, -0.1) is 0 Å². The molecule has 0 bridgehead atoms. The van der Waals surface area contributed by atoms with Gasteiger partial charge in [0, 0.05) is 18.0 Å². The van der Waals surface area contributed by atoms with Gasteiger partial charge in [-0.1, -0.05) is 0 Å². The summed E-state index contributed by atoms with van der Waals surface area (Å²) in [4.78, 5) is 7.84. The lowest BCUT2D eigenvalue weighted by Gasteiger charge is -2.16. The first-order valence-electron chi connectivity index (χ1n) is 5.71. The number of rotatable bonds is 3. The van der Waals surface area contributed by atoms with E-state index in [2.05, 4.69) is 9.97 Å². The summed E-state index contributed by atoms with van der Waals surface area (Å²) in [6, 6.07) is 3.86. The molecule has 1 heterocycles. The van der Waals surface area contributed by atoms with Crippen LogP contribution in [0.1, 0.15) is 28.4 Å². The molecule has 1 N–H and O–H groups in total. The van der Waals surface area contributed by atoms with Crippen molar-refractivity contribution in [3.05, 3.63) is 53.1 Å². The molecule has 4 nitrogen and oxygen atoms in total. The van der Waals surface area contributed by atoms with E-state index in [1.54, 1.807) is 19.5 Å². The number of aromatic nitrogens is 2. The molecule has 18 heavy (non-hydrogen) atoms. The lowest BCUT2D eigenvalue weighted by Crippen LogP contribution is -2.04. The van der Waals surface area contributed by atoms with Crippen molar-refractivity contribution in [1.29, 1.82) is 0 Å². The number of hydrogen-bond donors (Lipinski definition) is 1. The van der Waals surface area contributed by atoms with Crippen LogP contribution < -0.4 is 4.74 Å². The molecule has 0 saturated heterocycles. The summed E-state index contributed by atoms with van der Waals surface area (Å²) in [7, 11) is 1.64. The maximum absolute atomic E-state index is 10.3. The Morgan fingerprint density at radius 1 is 1.11 bits per heavy atom. The van der Waals surface area contributed by atoms with Crippen molar-refractivity contribution in [3.8, 4) is 5.75 Å². The lowest BCUT2D eigenvalue weighted by atomic mass is 9.97. The van der Waals surface area contributed by atoms with E-state index in [1.165, 1.54) is 6.33 Å². The summed E-state index contributed by atoms with van der Waals surface area (Å²) in [6.07, 6.45) is 3.98. The van der Waals surface area contributed by atoms with Crippen molar-refractivity contribution >= 4 is 0 Å². The third-order valence-corrected chi connectivity index (χ3v) is 2.97. The molecule has 4 heteroatoms. The summed E-state index contributed by atoms with van der Waals surface area (Å²) in [6.45, 7) is 3.90. The standard InChI is InChI=1S/C14H16N2O2/c1-9-5-13(18-3)10(2)4-12(9)14(17)11-6-15-8-16-7-11/h4-8,14,17H,1-3H3. The highest BCUT2D eigenvalue weighted by atomic mass is 16.5. The number of methoxy groups -OCH3 is 1. The summed E-state index contributed by atoms with van der Waals surface area (Å²) in [5, 5.41) is 10.3. The zero-order valence-corrected chi connectivity index (χ0v) is 10.7. The average molecular weight is 244 g/mol. The van der Waals surface area contributed by atoms with Crippen molar-refractivity contribution in [2.24, 2.45) is 0 Å². The van der Waals surface area contributed by atoms with Crippen LogP contribution in [-0.2, 0) is 0 Å². The molecule has 0 aliphatic heterocycles. The fraction of sp³-hybridized carbons (Fsp3) is 0.286. The molecular weight excluding hydrogens is 228 g/mol. The lowest BCUT2D eigenvalue weighted by molar-refractivity contribution is 0.218. The van der Waals surface area contributed by atoms with Crippen LogP contribution in [0.2, 0.25) is 0 Å². The predicted molar refractivity (Wildman–Crippen MR) is 68.6 cm³/mol. The summed E-state index contributed by atoms with van der Waals surface area (Å²) < 4.78 is 5.26. The number of ether oxygens (including phenoxy) is 1. The Morgan fingerprint density at radius 3 is 2.39 bits per heavy atom. The number of aryl methyl sites for hydroxylation is 2. The molecule has 0 spiro atoms. The van der Waals surface area contributed by atoms with E-state index in [0.29, 0.717) is 5.56 Å². The van der Waals surface area contributed by atoms with Crippen molar-refractivity contribution in [1.82, 2.24) is 9.97 Å². The number of aliphatic hydroxyl groups excluding tert-OH is 1. The zero-order valence-electron chi connectivity index (χ0n) is 10.7. The van der Waals surface area contributed by atoms with Gasteiger partial charge in [0.25, 0.3) is 0 Å². The van der Waals surface area contributed by atoms with E-state index in [4.69, 9.17) is 4.74 Å². The second kappa shape index (κ2) is 5.14. The molecule has 0 saturated carbocycles. The Kier molecular flexibility index (Phi) is 3.58. The second-order valence-electron chi connectivity index (χ2n) is 4.25. The van der Waals surface area contributed by atoms with Crippen molar-refractivity contribution in [3.63, 3.8) is 0 Å². The van der Waals surface area contributed by atoms with Crippen LogP contribution in [-0.4, -0.2) is 22.2 Å². The van der Waals surface area contributed by atoms with Crippen molar-refractivity contribution < 1.29 is 9.84 Å². The van der Waals surface area contributed by atoms with Crippen LogP contribution >= 0.6 is 0 Å². The summed E-state index contributed by atoms with van der Waals surface area (Å²) in [5.41, 5.74) is 3.51. The first-order valence-corrected chi connectivity index (χ1v) is 5.71. The molecule has 1 atom stereocenters. The van der Waals surface area contributed by atoms with Gasteiger partial charge in [-0.3, -0.25) is 0 Å². The monoisotopic (exact) mass is 244 g/mol. The van der Waals surface area contributed by atoms with Crippen LogP contribution in [0.15, 0.2) is 30.9 Å². The largest absolute Gasteiger partial charge is 0.496 e. The van der Waals surface area contributed by atoms with Gasteiger partial charge in [0.1, 0.15) is 18.2 Å². The van der Waals surface area contributed by atoms with Gasteiger partial charge in [0.05, 0.1) is 7.11 Å². The molecule has 0 radical (unpaired) electrons. The third kappa shape index (κ3) is 2.33. The smallest absolute Gasteiger partial charge is 0.122 e. The van der Waals surface area contributed by atoms with E-state index >= 15 is 0 Å². The first kappa shape index (κ1) is 12.5. The minimum Gasteiger partial charge on any atom is -0.496 e. The van der Waals surface area contributed by atoms with E-state index in [0.717, 1.165) is 22.4 Å². The third-order valence-electron chi connectivity index (χ3n) is 2.97. The Labute approximate surface area is 106 Å². The Morgan fingerprint density at radius 2 is 1.78 bits per heavy atom. The number of hydrogen-bond acceptors (Lipinski definition) is 4. The Bertz CT molecular complexity index is 541. The maximum Gasteiger partial charge on any atom is 0.122 e. The number of aliphatic hydroxyl groups is 1. The van der Waals surface area contributed by atoms with Gasteiger partial charge in [-0.25, -0.2) is 9.97 Å². The fourth-order valence-electron chi connectivity index (χ4n) is 1.96. The minimum atomic E-state index is -0.712. The van der Waals surface area contributed by atoms with Gasteiger partial charge in [-0.05, 0) is 42.7 Å². The van der Waals surface area contributed by atoms with Crippen LogP contribution in [0, 0.1) is 13.8 Å². The summed E-state index contributed by atoms with van der Waals surface area (Å²) >= 11 is 0. The number of benzene rings is 1. The van der Waals surface area contributed by atoms with Gasteiger partial charge in [-0.2, -0.15) is 0 Å². The maximum atomic E-state index is 10.3. The molecule has 94 valence electrons. The highest BCUT2D eigenvalue weighted by Gasteiger charge is 2.15. The van der Waals surface area contributed by atoms with Gasteiger partial charge >= 0.3 is 0 Å². The van der Waals surface area contributed by atoms with Crippen molar-refractivity contribution in [2.75, 3.05) is 7.11 Å².